The van der Waals surface area contributed by atoms with Gasteiger partial charge in [-0.15, -0.1) is 0 Å². The Morgan fingerprint density at radius 2 is 1.22 bits per heavy atom. The van der Waals surface area contributed by atoms with Crippen LogP contribution in [0.4, 0.5) is 0 Å². The van der Waals surface area contributed by atoms with E-state index in [1.807, 2.05) is 6.56 Å². The summed E-state index contributed by atoms with van der Waals surface area (Å²) >= 11 is -2.90. The van der Waals surface area contributed by atoms with Gasteiger partial charge in [-0.25, -0.2) is 0 Å². The number of hydrogen-bond acceptors (Lipinski definition) is 0. The summed E-state index contributed by atoms with van der Waals surface area (Å²) in [5.41, 5.74) is 6.20. The van der Waals surface area contributed by atoms with Crippen molar-refractivity contribution < 1.29 is 19.4 Å². The first kappa shape index (κ1) is 17.6. The van der Waals surface area contributed by atoms with Gasteiger partial charge in [0, 0.05) is 0 Å². The van der Waals surface area contributed by atoms with Gasteiger partial charge in [0.1, 0.15) is 0 Å². The average Bonchev–Trinajstić information content (AvgIpc) is 3.45. The molecular weight excluding hydrogens is 420 g/mol. The summed E-state index contributed by atoms with van der Waals surface area (Å²) in [5, 5.41) is 0. The fourth-order valence-corrected chi connectivity index (χ4v) is 35.5. The quantitative estimate of drug-likeness (QED) is 0.452. The van der Waals surface area contributed by atoms with Crippen molar-refractivity contribution in [2.45, 2.75) is 29.6 Å². The van der Waals surface area contributed by atoms with Gasteiger partial charge in [0.15, 0.2) is 0 Å². The van der Waals surface area contributed by atoms with Crippen molar-refractivity contribution in [3.8, 4) is 11.1 Å². The minimum atomic E-state index is -2.90. The Labute approximate surface area is 168 Å². The molecule has 133 valence electrons. The number of fused-ring (bicyclic) bond motifs is 3. The molecule has 0 heterocycles. The Morgan fingerprint density at radius 1 is 0.741 bits per heavy atom. The van der Waals surface area contributed by atoms with Gasteiger partial charge in [0.05, 0.1) is 0 Å². The summed E-state index contributed by atoms with van der Waals surface area (Å²) in [7, 11) is 0. The Morgan fingerprint density at radius 3 is 1.63 bits per heavy atom. The Bertz CT molecular complexity index is 947. The molecule has 0 saturated carbocycles. The van der Waals surface area contributed by atoms with Crippen LogP contribution in [0, 0.1) is 0 Å². The van der Waals surface area contributed by atoms with E-state index in [2.05, 4.69) is 98.1 Å². The van der Waals surface area contributed by atoms with Crippen LogP contribution in [-0.4, -0.2) is 5.92 Å². The van der Waals surface area contributed by atoms with Crippen LogP contribution in [0.15, 0.2) is 91.5 Å². The number of benzene rings is 2. The summed E-state index contributed by atoms with van der Waals surface area (Å²) in [5.74, 6) is -0.471. The van der Waals surface area contributed by atoms with Crippen LogP contribution in [0.2, 0.25) is 13.1 Å². The molecule has 3 aliphatic carbocycles. The maximum absolute atomic E-state index is 2.90. The monoisotopic (exact) mass is 443 g/mol. The molecule has 0 bridgehead atoms. The van der Waals surface area contributed by atoms with Gasteiger partial charge in [-0.05, 0) is 0 Å². The van der Waals surface area contributed by atoms with Gasteiger partial charge in [0.25, 0.3) is 0 Å². The number of hydrogen-bond donors (Lipinski definition) is 0. The van der Waals surface area contributed by atoms with E-state index in [4.69, 9.17) is 0 Å². The Hall–Kier alpha value is -1.50. The molecule has 2 aromatic carbocycles. The van der Waals surface area contributed by atoms with Crippen LogP contribution in [-0.2, 0) is 19.4 Å². The molecule has 0 aromatic heterocycles. The van der Waals surface area contributed by atoms with E-state index < -0.39 is 25.4 Å². The van der Waals surface area contributed by atoms with Crippen molar-refractivity contribution in [3.63, 3.8) is 0 Å². The first-order valence-corrected chi connectivity index (χ1v) is 20.0. The van der Waals surface area contributed by atoms with Gasteiger partial charge < -0.3 is 0 Å². The summed E-state index contributed by atoms with van der Waals surface area (Å²) in [6.45, 7) is 5.23. The Kier molecular flexibility index (Phi) is 4.45. The molecule has 0 unspecified atom stereocenters. The van der Waals surface area contributed by atoms with Crippen molar-refractivity contribution in [1.82, 2.24) is 0 Å². The van der Waals surface area contributed by atoms with Gasteiger partial charge in [-0.2, -0.15) is 0 Å². The molecule has 0 nitrogen and oxygen atoms in total. The normalized spacial score (nSPS) is 18.0. The van der Waals surface area contributed by atoms with Crippen molar-refractivity contribution in [3.05, 3.63) is 103 Å². The van der Waals surface area contributed by atoms with Crippen LogP contribution < -0.4 is 0 Å². The predicted octanol–water partition coefficient (Wildman–Crippen LogP) is 6.85. The molecule has 0 spiro atoms. The molecule has 2 aromatic rings. The van der Waals surface area contributed by atoms with Crippen molar-refractivity contribution >= 4 is 5.92 Å². The zero-order chi connectivity index (χ0) is 18.4. The van der Waals surface area contributed by atoms with E-state index in [0.29, 0.717) is 3.63 Å². The molecular formula is C25H25SiZr. The van der Waals surface area contributed by atoms with E-state index in [-0.39, 0.29) is 0 Å². The molecule has 0 atom stereocenters. The molecule has 0 amide bonds. The fourth-order valence-electron chi connectivity index (χ4n) is 5.61. The summed E-state index contributed by atoms with van der Waals surface area (Å²) in [6, 6.07) is 18.5. The zero-order valence-corrected chi connectivity index (χ0v) is 19.5. The molecule has 1 radical (unpaired) electrons. The molecule has 0 aliphatic heterocycles. The van der Waals surface area contributed by atoms with Crippen LogP contribution in [0.3, 0.4) is 0 Å². The second-order valence-electron chi connectivity index (χ2n) is 8.06. The van der Waals surface area contributed by atoms with E-state index >= 15 is 0 Å². The predicted molar refractivity (Wildman–Crippen MR) is 115 cm³/mol. The molecule has 0 saturated heterocycles. The second-order valence-corrected chi connectivity index (χ2v) is 30.7. The fraction of sp³-hybridized carbons (Fsp3) is 0.200. The second kappa shape index (κ2) is 6.83. The third-order valence-electron chi connectivity index (χ3n) is 6.61. The zero-order valence-electron chi connectivity index (χ0n) is 16.1. The van der Waals surface area contributed by atoms with Crippen molar-refractivity contribution in [2.24, 2.45) is 0 Å². The maximum atomic E-state index is 2.61. The van der Waals surface area contributed by atoms with Crippen LogP contribution >= 0.6 is 0 Å². The standard InChI is InChI=1S/C13H9.2C5H5.C2H6Si.Zr/c1-3-7-12-10(5-1)9-11-6-2-4-8-13(11)12;2*1-2-4-5-3-1;1-3-2;/h1-9H;2*1-3H,4H2;1-2H3;. The third kappa shape index (κ3) is 2.50. The SMILES string of the molecule is C[Si](C)[Zr]([C]1=CC=CC1)([C]1=CC=CC1)[CH]1c2ccccc2-c2ccccc21. The van der Waals surface area contributed by atoms with Crippen LogP contribution in [0.5, 0.6) is 0 Å². The Balaban J connectivity index is 1.83. The number of rotatable bonds is 4. The summed E-state index contributed by atoms with van der Waals surface area (Å²) in [4.78, 5) is 0. The molecule has 5 rings (SSSR count). The molecule has 0 fully saturated rings. The van der Waals surface area contributed by atoms with Crippen molar-refractivity contribution in [1.29, 1.82) is 0 Å². The third-order valence-corrected chi connectivity index (χ3v) is 35.8. The van der Waals surface area contributed by atoms with Gasteiger partial charge >= 0.3 is 169 Å². The number of allylic oxidation sites excluding steroid dienone is 8. The minimum absolute atomic E-state index is 0.471. The average molecular weight is 445 g/mol. The van der Waals surface area contributed by atoms with E-state index in [1.54, 1.807) is 11.1 Å². The van der Waals surface area contributed by atoms with Gasteiger partial charge in [-0.1, -0.05) is 0 Å². The van der Waals surface area contributed by atoms with Crippen LogP contribution in [0.25, 0.3) is 11.1 Å². The first-order valence-electron chi connectivity index (χ1n) is 9.96. The molecule has 0 N–H and O–H groups in total. The summed E-state index contributed by atoms with van der Waals surface area (Å²) in [6.07, 6.45) is 16.8. The molecule has 2 heteroatoms. The topological polar surface area (TPSA) is 0 Å². The van der Waals surface area contributed by atoms with Crippen molar-refractivity contribution in [2.75, 3.05) is 0 Å². The molecule has 27 heavy (non-hydrogen) atoms. The van der Waals surface area contributed by atoms with Crippen LogP contribution in [0.1, 0.15) is 27.6 Å². The van der Waals surface area contributed by atoms with E-state index in [0.717, 1.165) is 0 Å². The van der Waals surface area contributed by atoms with Gasteiger partial charge in [-0.3, -0.25) is 0 Å². The molecule has 3 aliphatic rings. The van der Waals surface area contributed by atoms with E-state index in [9.17, 15) is 0 Å². The first-order chi connectivity index (χ1) is 13.2. The summed E-state index contributed by atoms with van der Waals surface area (Å²) < 4.78 is 4.29. The van der Waals surface area contributed by atoms with Gasteiger partial charge in [0.2, 0.25) is 0 Å². The van der Waals surface area contributed by atoms with E-state index in [1.165, 1.54) is 24.0 Å².